The summed E-state index contributed by atoms with van der Waals surface area (Å²) in [5, 5.41) is 13.5. The van der Waals surface area contributed by atoms with Crippen molar-refractivity contribution in [1.29, 1.82) is 0 Å². The Hall–Kier alpha value is -1.85. The number of aromatic nitrogens is 2. The van der Waals surface area contributed by atoms with Crippen molar-refractivity contribution < 1.29 is 14.7 Å². The first kappa shape index (κ1) is 18.9. The molecule has 1 N–H and O–H groups in total. The van der Waals surface area contributed by atoms with Crippen molar-refractivity contribution in [3.63, 3.8) is 0 Å². The van der Waals surface area contributed by atoms with Crippen molar-refractivity contribution in [1.82, 2.24) is 14.7 Å². The number of amides is 1. The van der Waals surface area contributed by atoms with Crippen LogP contribution in [0.5, 0.6) is 0 Å². The number of piperidine rings is 1. The summed E-state index contributed by atoms with van der Waals surface area (Å²) in [5.74, 6) is 0.191. The molecule has 1 saturated carbocycles. The summed E-state index contributed by atoms with van der Waals surface area (Å²) in [6, 6.07) is 0.181. The molecule has 1 aliphatic carbocycles. The lowest BCUT2D eigenvalue weighted by atomic mass is 9.83. The number of carboxylic acid groups (broad SMARTS) is 1. The van der Waals surface area contributed by atoms with Crippen LogP contribution in [0.1, 0.15) is 80.4 Å². The minimum Gasteiger partial charge on any atom is -0.478 e. The van der Waals surface area contributed by atoms with Gasteiger partial charge in [0.2, 0.25) is 5.91 Å². The minimum absolute atomic E-state index is 0.111. The van der Waals surface area contributed by atoms with Gasteiger partial charge in [-0.2, -0.15) is 5.10 Å². The van der Waals surface area contributed by atoms with Gasteiger partial charge in [-0.3, -0.25) is 9.48 Å². The molecule has 0 aromatic carbocycles. The van der Waals surface area contributed by atoms with E-state index in [0.29, 0.717) is 5.69 Å². The van der Waals surface area contributed by atoms with E-state index in [1.165, 1.54) is 38.3 Å². The van der Waals surface area contributed by atoms with Crippen LogP contribution in [0, 0.1) is 18.8 Å². The van der Waals surface area contributed by atoms with Crippen LogP contribution in [0.2, 0.25) is 0 Å². The van der Waals surface area contributed by atoms with Gasteiger partial charge in [-0.25, -0.2) is 4.79 Å². The van der Waals surface area contributed by atoms with E-state index < -0.39 is 5.97 Å². The third kappa shape index (κ3) is 4.10. The maximum Gasteiger partial charge on any atom is 0.339 e. The molecule has 6 heteroatoms. The fourth-order valence-corrected chi connectivity index (χ4v) is 4.67. The Kier molecular flexibility index (Phi) is 5.99. The normalized spacial score (nSPS) is 20.9. The standard InChI is InChI=1S/C20H31N3O3/c1-14(12-16-6-4-3-5-7-16)19(24)22-10-8-17(9-11-22)23-15(2)18(13-21-23)20(25)26/h13-14,16-17H,3-12H2,1-2H3,(H,25,26). The predicted octanol–water partition coefficient (Wildman–Crippen LogP) is 3.66. The smallest absolute Gasteiger partial charge is 0.339 e. The molecule has 1 aromatic heterocycles. The van der Waals surface area contributed by atoms with Crippen LogP contribution in [0.25, 0.3) is 0 Å². The molecule has 3 rings (SSSR count). The molecule has 26 heavy (non-hydrogen) atoms. The van der Waals surface area contributed by atoms with Crippen LogP contribution < -0.4 is 0 Å². The van der Waals surface area contributed by atoms with E-state index in [-0.39, 0.29) is 23.4 Å². The first-order valence-electron chi connectivity index (χ1n) is 10.0. The van der Waals surface area contributed by atoms with Gasteiger partial charge < -0.3 is 10.0 Å². The Morgan fingerprint density at radius 2 is 1.85 bits per heavy atom. The van der Waals surface area contributed by atoms with E-state index in [1.54, 1.807) is 6.92 Å². The SMILES string of the molecule is Cc1c(C(=O)O)cnn1C1CCN(C(=O)C(C)CC2CCCCC2)CC1. The molecule has 144 valence electrons. The van der Waals surface area contributed by atoms with Crippen molar-refractivity contribution >= 4 is 11.9 Å². The predicted molar refractivity (Wildman–Crippen MR) is 99.1 cm³/mol. The molecule has 0 radical (unpaired) electrons. The van der Waals surface area contributed by atoms with Gasteiger partial charge in [0.05, 0.1) is 17.9 Å². The first-order chi connectivity index (χ1) is 12.5. The zero-order valence-electron chi connectivity index (χ0n) is 16.0. The summed E-state index contributed by atoms with van der Waals surface area (Å²) in [6.45, 7) is 5.36. The highest BCUT2D eigenvalue weighted by molar-refractivity contribution is 5.88. The van der Waals surface area contributed by atoms with E-state index in [4.69, 9.17) is 0 Å². The quantitative estimate of drug-likeness (QED) is 0.868. The number of hydrogen-bond donors (Lipinski definition) is 1. The lowest BCUT2D eigenvalue weighted by Gasteiger charge is -2.35. The number of carboxylic acids is 1. The Morgan fingerprint density at radius 3 is 2.42 bits per heavy atom. The highest BCUT2D eigenvalue weighted by atomic mass is 16.4. The van der Waals surface area contributed by atoms with Gasteiger partial charge in [-0.05, 0) is 32.1 Å². The third-order valence-electron chi connectivity index (χ3n) is 6.23. The molecule has 1 aromatic rings. The monoisotopic (exact) mass is 361 g/mol. The van der Waals surface area contributed by atoms with Crippen LogP contribution in [-0.2, 0) is 4.79 Å². The van der Waals surface area contributed by atoms with Gasteiger partial charge in [0.15, 0.2) is 0 Å². The Balaban J connectivity index is 1.52. The third-order valence-corrected chi connectivity index (χ3v) is 6.23. The second-order valence-corrected chi connectivity index (χ2v) is 8.09. The van der Waals surface area contributed by atoms with Crippen LogP contribution in [0.3, 0.4) is 0 Å². The first-order valence-corrected chi connectivity index (χ1v) is 10.0. The molecule has 0 spiro atoms. The number of nitrogens with zero attached hydrogens (tertiary/aromatic N) is 3. The zero-order chi connectivity index (χ0) is 18.7. The molecule has 2 heterocycles. The van der Waals surface area contributed by atoms with Crippen LogP contribution in [0.15, 0.2) is 6.20 Å². The van der Waals surface area contributed by atoms with Gasteiger partial charge in [0.25, 0.3) is 0 Å². The fourth-order valence-electron chi connectivity index (χ4n) is 4.67. The number of rotatable bonds is 5. The van der Waals surface area contributed by atoms with E-state index in [1.807, 2.05) is 9.58 Å². The lowest BCUT2D eigenvalue weighted by Crippen LogP contribution is -2.42. The van der Waals surface area contributed by atoms with E-state index in [2.05, 4.69) is 12.0 Å². The Labute approximate surface area is 155 Å². The summed E-state index contributed by atoms with van der Waals surface area (Å²) in [4.78, 5) is 26.0. The average Bonchev–Trinajstić information content (AvgIpc) is 3.04. The zero-order valence-corrected chi connectivity index (χ0v) is 16.0. The maximum absolute atomic E-state index is 12.8. The molecule has 6 nitrogen and oxygen atoms in total. The maximum atomic E-state index is 12.8. The van der Waals surface area contributed by atoms with Gasteiger partial charge in [-0.15, -0.1) is 0 Å². The van der Waals surface area contributed by atoms with Gasteiger partial charge >= 0.3 is 5.97 Å². The van der Waals surface area contributed by atoms with Crippen molar-refractivity contribution in [3.8, 4) is 0 Å². The number of aromatic carboxylic acids is 1. The van der Waals surface area contributed by atoms with Gasteiger partial charge in [0.1, 0.15) is 5.56 Å². The van der Waals surface area contributed by atoms with Crippen LogP contribution >= 0.6 is 0 Å². The number of hydrogen-bond acceptors (Lipinski definition) is 3. The van der Waals surface area contributed by atoms with Crippen LogP contribution in [0.4, 0.5) is 0 Å². The van der Waals surface area contributed by atoms with Crippen molar-refractivity contribution in [3.05, 3.63) is 17.5 Å². The largest absolute Gasteiger partial charge is 0.478 e. The molecule has 1 amide bonds. The summed E-state index contributed by atoms with van der Waals surface area (Å²) in [6.07, 6.45) is 10.7. The minimum atomic E-state index is -0.932. The van der Waals surface area contributed by atoms with E-state index in [0.717, 1.165) is 38.3 Å². The molecule has 1 atom stereocenters. The topological polar surface area (TPSA) is 75.4 Å². The molecule has 1 aliphatic heterocycles. The van der Waals surface area contributed by atoms with E-state index in [9.17, 15) is 14.7 Å². The summed E-state index contributed by atoms with van der Waals surface area (Å²) < 4.78 is 1.83. The molecular formula is C20H31N3O3. The Morgan fingerprint density at radius 1 is 1.19 bits per heavy atom. The van der Waals surface area contributed by atoms with Crippen molar-refractivity contribution in [2.75, 3.05) is 13.1 Å². The van der Waals surface area contributed by atoms with Crippen LogP contribution in [-0.4, -0.2) is 44.8 Å². The lowest BCUT2D eigenvalue weighted by molar-refractivity contribution is -0.137. The van der Waals surface area contributed by atoms with E-state index >= 15 is 0 Å². The highest BCUT2D eigenvalue weighted by Crippen LogP contribution is 2.31. The molecule has 2 aliphatic rings. The Bertz CT molecular complexity index is 641. The van der Waals surface area contributed by atoms with Gasteiger partial charge in [0, 0.05) is 19.0 Å². The summed E-state index contributed by atoms with van der Waals surface area (Å²) in [5.41, 5.74) is 0.970. The highest BCUT2D eigenvalue weighted by Gasteiger charge is 2.29. The molecule has 0 bridgehead atoms. The number of carbonyl (C=O) groups excluding carboxylic acids is 1. The molecular weight excluding hydrogens is 330 g/mol. The molecule has 1 saturated heterocycles. The van der Waals surface area contributed by atoms with Crippen molar-refractivity contribution in [2.24, 2.45) is 11.8 Å². The molecule has 2 fully saturated rings. The van der Waals surface area contributed by atoms with Crippen molar-refractivity contribution in [2.45, 2.75) is 71.3 Å². The summed E-state index contributed by atoms with van der Waals surface area (Å²) >= 11 is 0. The number of carbonyl (C=O) groups is 2. The summed E-state index contributed by atoms with van der Waals surface area (Å²) in [7, 11) is 0. The second-order valence-electron chi connectivity index (χ2n) is 8.09. The fraction of sp³-hybridized carbons (Fsp3) is 0.750. The second kappa shape index (κ2) is 8.23. The molecule has 1 unspecified atom stereocenters. The number of likely N-dealkylation sites (tertiary alicyclic amines) is 1. The average molecular weight is 361 g/mol. The van der Waals surface area contributed by atoms with Gasteiger partial charge in [-0.1, -0.05) is 39.0 Å².